The molecule has 0 saturated heterocycles. The first-order valence-electron chi connectivity index (χ1n) is 37.8. The largest absolute Gasteiger partial charge is 0.472 e. The Morgan fingerprint density at radius 1 is 0.296 bits per heavy atom. The van der Waals surface area contributed by atoms with E-state index in [1.54, 1.807) is 0 Å². The van der Waals surface area contributed by atoms with Crippen LogP contribution in [0.1, 0.15) is 297 Å². The van der Waals surface area contributed by atoms with Crippen molar-refractivity contribution in [2.45, 2.75) is 316 Å². The number of phosphoric acid groups is 2. The van der Waals surface area contributed by atoms with Crippen LogP contribution in [0.3, 0.4) is 0 Å². The number of aliphatic hydroxyl groups is 1. The Morgan fingerprint density at radius 2 is 0.531 bits per heavy atom. The molecule has 0 fully saturated rings. The van der Waals surface area contributed by atoms with Gasteiger partial charge in [0.25, 0.3) is 0 Å². The number of unbranched alkanes of at least 4 members (excludes halogenated alkanes) is 24. The standard InChI is InChI=1S/C79H134O17P2/c1-5-9-13-17-21-25-29-33-34-35-36-37-38-42-44-48-52-56-60-64-77(82)90-70-75(96-79(84)66-62-58-54-50-46-41-32-28-24-20-16-12-8-4)72-94-98(87,88)92-68-73(80)67-91-97(85,86)93-71-74(95-78(83)65-61-57-53-49-45-40-31-27-23-19-15-11-7-3)69-89-76(81)63-59-55-51-47-43-39-30-26-22-18-14-10-6-2/h9,13-16,18-21,25-28,30-34,36-37,73-75,80H,5-8,10-12,17,22-24,29,35,38-72H2,1-4H3,(H,85,86)(H,87,88)/b13-9-,18-14-,19-15-,20-16-,25-21-,30-26-,31-27-,32-28-,34-33-,37-36-. The zero-order chi connectivity index (χ0) is 71.8. The first kappa shape index (κ1) is 93.5. The Bertz CT molecular complexity index is 2340. The van der Waals surface area contributed by atoms with Crippen molar-refractivity contribution in [2.75, 3.05) is 39.6 Å². The first-order valence-corrected chi connectivity index (χ1v) is 40.8. The monoisotopic (exact) mass is 1420 g/mol. The average Bonchev–Trinajstić information content (AvgIpc) is 0.966. The first-order chi connectivity index (χ1) is 47.7. The molecule has 0 radical (unpaired) electrons. The van der Waals surface area contributed by atoms with Crippen LogP contribution in [0, 0.1) is 0 Å². The van der Waals surface area contributed by atoms with Gasteiger partial charge in [0.1, 0.15) is 19.3 Å². The molecule has 0 amide bonds. The number of ether oxygens (including phenoxy) is 4. The smallest absolute Gasteiger partial charge is 0.462 e. The fourth-order valence-electron chi connectivity index (χ4n) is 9.62. The molecule has 562 valence electrons. The lowest BCUT2D eigenvalue weighted by atomic mass is 10.1. The molecule has 0 aromatic rings. The number of carbonyl (C=O) groups excluding carboxylic acids is 4. The van der Waals surface area contributed by atoms with Gasteiger partial charge >= 0.3 is 39.5 Å². The molecule has 0 heterocycles. The molecule has 0 aliphatic heterocycles. The van der Waals surface area contributed by atoms with Gasteiger partial charge in [-0.15, -0.1) is 0 Å². The fourth-order valence-corrected chi connectivity index (χ4v) is 11.2. The van der Waals surface area contributed by atoms with E-state index < -0.39 is 97.5 Å². The molecule has 0 spiro atoms. The highest BCUT2D eigenvalue weighted by Gasteiger charge is 2.30. The van der Waals surface area contributed by atoms with Gasteiger partial charge in [-0.1, -0.05) is 252 Å². The van der Waals surface area contributed by atoms with E-state index in [0.29, 0.717) is 25.7 Å². The van der Waals surface area contributed by atoms with E-state index in [1.165, 1.54) is 0 Å². The molecule has 98 heavy (non-hydrogen) atoms. The molecule has 0 bridgehead atoms. The van der Waals surface area contributed by atoms with E-state index in [-0.39, 0.29) is 25.7 Å². The van der Waals surface area contributed by atoms with Crippen molar-refractivity contribution in [3.63, 3.8) is 0 Å². The maximum Gasteiger partial charge on any atom is 0.472 e. The summed E-state index contributed by atoms with van der Waals surface area (Å²) in [5.41, 5.74) is 0. The van der Waals surface area contributed by atoms with E-state index in [2.05, 4.69) is 149 Å². The van der Waals surface area contributed by atoms with Crippen molar-refractivity contribution >= 4 is 39.5 Å². The van der Waals surface area contributed by atoms with Gasteiger partial charge in [-0.25, -0.2) is 9.13 Å². The summed E-state index contributed by atoms with van der Waals surface area (Å²) in [6.45, 7) is 4.50. The lowest BCUT2D eigenvalue weighted by Crippen LogP contribution is -2.30. The highest BCUT2D eigenvalue weighted by molar-refractivity contribution is 7.47. The van der Waals surface area contributed by atoms with E-state index >= 15 is 0 Å². The number of allylic oxidation sites excluding steroid dienone is 20. The predicted octanol–water partition coefficient (Wildman–Crippen LogP) is 21.6. The van der Waals surface area contributed by atoms with Gasteiger partial charge in [-0.2, -0.15) is 0 Å². The van der Waals surface area contributed by atoms with Crippen LogP contribution < -0.4 is 0 Å². The Labute approximate surface area is 593 Å². The molecule has 5 atom stereocenters. The summed E-state index contributed by atoms with van der Waals surface area (Å²) in [6.07, 6.45) is 76.2. The summed E-state index contributed by atoms with van der Waals surface area (Å²) in [5.74, 6) is -2.24. The van der Waals surface area contributed by atoms with Crippen molar-refractivity contribution < 1.29 is 80.2 Å². The number of esters is 4. The van der Waals surface area contributed by atoms with Crippen LogP contribution in [0.15, 0.2) is 122 Å². The summed E-state index contributed by atoms with van der Waals surface area (Å²) in [7, 11) is -9.96. The van der Waals surface area contributed by atoms with Crippen LogP contribution in [0.4, 0.5) is 0 Å². The predicted molar refractivity (Wildman–Crippen MR) is 399 cm³/mol. The van der Waals surface area contributed by atoms with Gasteiger partial charge in [-0.3, -0.25) is 37.3 Å². The highest BCUT2D eigenvalue weighted by Crippen LogP contribution is 2.45. The van der Waals surface area contributed by atoms with Crippen molar-refractivity contribution in [3.05, 3.63) is 122 Å². The van der Waals surface area contributed by atoms with Crippen LogP contribution in [0.25, 0.3) is 0 Å². The van der Waals surface area contributed by atoms with Crippen LogP contribution in [0.2, 0.25) is 0 Å². The lowest BCUT2D eigenvalue weighted by Gasteiger charge is -2.21. The maximum atomic E-state index is 13.1. The van der Waals surface area contributed by atoms with Crippen LogP contribution in [0.5, 0.6) is 0 Å². The quantitative estimate of drug-likeness (QED) is 0.0169. The SMILES string of the molecule is CC/C=C\C/C=C\C/C=C\C/C=C\CCCCCCCCC(=O)OCC(COP(=O)(O)OCC(O)COP(=O)(O)OCC(COC(=O)CCCCCCC/C=C\C/C=C\CCC)OC(=O)CCCCCCC/C=C\C/C=C\CCC)OC(=O)CCCCCCC/C=C\C/C=C\CCC. The van der Waals surface area contributed by atoms with E-state index in [1.807, 2.05) is 0 Å². The molecule has 17 nitrogen and oxygen atoms in total. The third-order valence-corrected chi connectivity index (χ3v) is 17.2. The summed E-state index contributed by atoms with van der Waals surface area (Å²) in [6, 6.07) is 0. The zero-order valence-electron chi connectivity index (χ0n) is 61.2. The van der Waals surface area contributed by atoms with Crippen LogP contribution in [-0.2, 0) is 65.4 Å². The summed E-state index contributed by atoms with van der Waals surface area (Å²) >= 11 is 0. The van der Waals surface area contributed by atoms with E-state index in [9.17, 15) is 43.2 Å². The molecule has 0 aliphatic carbocycles. The second-order valence-corrected chi connectivity index (χ2v) is 27.8. The fraction of sp³-hybridized carbons (Fsp3) is 0.696. The minimum Gasteiger partial charge on any atom is -0.462 e. The van der Waals surface area contributed by atoms with Crippen molar-refractivity contribution in [1.29, 1.82) is 0 Å². The van der Waals surface area contributed by atoms with Gasteiger partial charge in [-0.05, 0) is 141 Å². The number of hydrogen-bond donors (Lipinski definition) is 3. The molecule has 0 aromatic heterocycles. The summed E-state index contributed by atoms with van der Waals surface area (Å²) in [5, 5.41) is 10.6. The normalized spacial score (nSPS) is 14.6. The van der Waals surface area contributed by atoms with E-state index in [0.717, 1.165) is 218 Å². The average molecular weight is 1420 g/mol. The van der Waals surface area contributed by atoms with Crippen LogP contribution >= 0.6 is 15.6 Å². The van der Waals surface area contributed by atoms with Crippen molar-refractivity contribution in [3.8, 4) is 0 Å². The molecule has 0 aliphatic rings. The Kier molecular flexibility index (Phi) is 67.6. The van der Waals surface area contributed by atoms with Crippen molar-refractivity contribution in [2.24, 2.45) is 0 Å². The minimum atomic E-state index is -4.98. The number of carbonyl (C=O) groups is 4. The molecule has 0 aromatic carbocycles. The molecular weight excluding hydrogens is 1280 g/mol. The molecule has 0 saturated carbocycles. The van der Waals surface area contributed by atoms with Gasteiger partial charge in [0.05, 0.1) is 26.4 Å². The minimum absolute atomic E-state index is 0.0726. The second kappa shape index (κ2) is 70.9. The van der Waals surface area contributed by atoms with Crippen molar-refractivity contribution in [1.82, 2.24) is 0 Å². The second-order valence-electron chi connectivity index (χ2n) is 24.8. The Morgan fingerprint density at radius 3 is 0.816 bits per heavy atom. The highest BCUT2D eigenvalue weighted by atomic mass is 31.2. The molecule has 19 heteroatoms. The Balaban J connectivity index is 5.36. The number of phosphoric ester groups is 2. The summed E-state index contributed by atoms with van der Waals surface area (Å²) in [4.78, 5) is 72.8. The molecule has 3 N–H and O–H groups in total. The molecule has 0 rings (SSSR count). The Hall–Kier alpha value is -4.54. The number of hydrogen-bond acceptors (Lipinski definition) is 15. The van der Waals surface area contributed by atoms with Gasteiger partial charge < -0.3 is 33.8 Å². The van der Waals surface area contributed by atoms with Gasteiger partial charge in [0.15, 0.2) is 12.2 Å². The third-order valence-electron chi connectivity index (χ3n) is 15.3. The van der Waals surface area contributed by atoms with Gasteiger partial charge in [0.2, 0.25) is 0 Å². The number of rotatable bonds is 70. The van der Waals surface area contributed by atoms with Gasteiger partial charge in [0, 0.05) is 25.7 Å². The topological polar surface area (TPSA) is 237 Å². The van der Waals surface area contributed by atoms with Crippen LogP contribution in [-0.4, -0.2) is 96.7 Å². The zero-order valence-corrected chi connectivity index (χ0v) is 63.0. The van der Waals surface area contributed by atoms with E-state index in [4.69, 9.17) is 37.0 Å². The molecular formula is C79H134O17P2. The molecule has 5 unspecified atom stereocenters. The number of aliphatic hydroxyl groups excluding tert-OH is 1. The summed E-state index contributed by atoms with van der Waals surface area (Å²) < 4.78 is 68.4. The third kappa shape index (κ3) is 69.9. The maximum absolute atomic E-state index is 13.1. The lowest BCUT2D eigenvalue weighted by molar-refractivity contribution is -0.161.